The molecular weight excluding hydrogens is 493 g/mol. The van der Waals surface area contributed by atoms with Crippen molar-refractivity contribution in [1.29, 1.82) is 0 Å². The van der Waals surface area contributed by atoms with Crippen molar-refractivity contribution < 1.29 is 22.1 Å². The van der Waals surface area contributed by atoms with Gasteiger partial charge in [-0.1, -0.05) is 35.0 Å². The molecule has 5 rings (SSSR count). The lowest BCUT2D eigenvalue weighted by atomic mass is 10.0. The third-order valence-corrected chi connectivity index (χ3v) is 7.85. The van der Waals surface area contributed by atoms with Gasteiger partial charge >= 0.3 is 0 Å². The van der Waals surface area contributed by atoms with Gasteiger partial charge in [0.2, 0.25) is 15.9 Å². The van der Waals surface area contributed by atoms with Crippen molar-refractivity contribution in [3.63, 3.8) is 0 Å². The molecule has 2 heterocycles. The molecule has 1 saturated heterocycles. The molecule has 1 fully saturated rings. The highest BCUT2D eigenvalue weighted by molar-refractivity contribution is 7.89. The van der Waals surface area contributed by atoms with Gasteiger partial charge in [0, 0.05) is 17.1 Å². The number of aromatic nitrogens is 1. The van der Waals surface area contributed by atoms with Gasteiger partial charge in [-0.25, -0.2) is 12.8 Å². The maximum atomic E-state index is 15.0. The second kappa shape index (κ2) is 8.75. The molecule has 1 atom stereocenters. The Morgan fingerprint density at radius 3 is 2.54 bits per heavy atom. The molecule has 0 aliphatic carbocycles. The van der Waals surface area contributed by atoms with Crippen molar-refractivity contribution in [2.24, 2.45) is 0 Å². The number of hydrogen-bond donors (Lipinski definition) is 1. The van der Waals surface area contributed by atoms with Crippen molar-refractivity contribution in [3.8, 4) is 11.1 Å². The SMILES string of the molecule is Cc1noc(C)c1-c1ccc(N2CC[C@H](NS(=O)(=O)c3ccc4cc(Cl)ccc4c3)C2=O)c(F)c1. The Hall–Kier alpha value is -3.27. The zero-order valence-corrected chi connectivity index (χ0v) is 20.5. The molecule has 1 N–H and O–H groups in total. The van der Waals surface area contributed by atoms with Gasteiger partial charge in [0.15, 0.2) is 0 Å². The van der Waals surface area contributed by atoms with E-state index in [0.29, 0.717) is 33.0 Å². The molecule has 1 amide bonds. The third-order valence-electron chi connectivity index (χ3n) is 6.15. The van der Waals surface area contributed by atoms with Gasteiger partial charge in [-0.05, 0) is 73.0 Å². The van der Waals surface area contributed by atoms with Crippen molar-refractivity contribution in [2.45, 2.75) is 31.2 Å². The number of benzene rings is 3. The summed E-state index contributed by atoms with van der Waals surface area (Å²) in [6, 6.07) is 13.3. The molecule has 0 radical (unpaired) electrons. The first kappa shape index (κ1) is 23.5. The summed E-state index contributed by atoms with van der Waals surface area (Å²) in [5.74, 6) is -0.532. The van der Waals surface area contributed by atoms with Gasteiger partial charge in [-0.3, -0.25) is 4.79 Å². The van der Waals surface area contributed by atoms with Crippen LogP contribution in [-0.4, -0.2) is 32.1 Å². The number of carbonyl (C=O) groups is 1. The number of aryl methyl sites for hydroxylation is 2. The number of amides is 1. The van der Waals surface area contributed by atoms with Gasteiger partial charge < -0.3 is 9.42 Å². The zero-order valence-electron chi connectivity index (χ0n) is 18.9. The van der Waals surface area contributed by atoms with Crippen molar-refractivity contribution >= 4 is 44.0 Å². The number of fused-ring (bicyclic) bond motifs is 1. The average molecular weight is 514 g/mol. The van der Waals surface area contributed by atoms with Crippen LogP contribution in [0.4, 0.5) is 10.1 Å². The van der Waals surface area contributed by atoms with Crippen molar-refractivity contribution in [1.82, 2.24) is 9.88 Å². The van der Waals surface area contributed by atoms with E-state index in [2.05, 4.69) is 9.88 Å². The first-order chi connectivity index (χ1) is 16.6. The number of nitrogens with one attached hydrogen (secondary N) is 1. The standard InChI is InChI=1S/C25H21ClFN3O4S/c1-14-24(15(2)34-28-14)18-5-8-23(21(27)13-18)30-10-9-22(25(30)31)29-35(32,33)20-7-4-16-11-19(26)6-3-17(16)12-20/h3-8,11-13,22,29H,9-10H2,1-2H3/t22-/m0/s1. The predicted molar refractivity (Wildman–Crippen MR) is 131 cm³/mol. The molecule has 4 aromatic rings. The van der Waals surface area contributed by atoms with Crippen molar-refractivity contribution in [3.05, 3.63) is 76.9 Å². The number of sulfonamides is 1. The summed E-state index contributed by atoms with van der Waals surface area (Å²) in [6.07, 6.45) is 0.215. The lowest BCUT2D eigenvalue weighted by molar-refractivity contribution is -0.118. The molecule has 1 aliphatic rings. The van der Waals surface area contributed by atoms with Crippen LogP contribution < -0.4 is 9.62 Å². The molecule has 35 heavy (non-hydrogen) atoms. The smallest absolute Gasteiger partial charge is 0.245 e. The second-order valence-electron chi connectivity index (χ2n) is 8.47. The fraction of sp³-hybridized carbons (Fsp3) is 0.200. The van der Waals surface area contributed by atoms with Gasteiger partial charge in [0.05, 0.1) is 16.3 Å². The van der Waals surface area contributed by atoms with Crippen LogP contribution in [-0.2, 0) is 14.8 Å². The Labute approximate surface area is 206 Å². The summed E-state index contributed by atoms with van der Waals surface area (Å²) in [5.41, 5.74) is 2.02. The Balaban J connectivity index is 1.36. The van der Waals surface area contributed by atoms with E-state index in [0.717, 1.165) is 5.39 Å². The number of carbonyl (C=O) groups excluding carboxylic acids is 1. The fourth-order valence-corrected chi connectivity index (χ4v) is 5.86. The van der Waals surface area contributed by atoms with E-state index in [1.54, 1.807) is 44.2 Å². The van der Waals surface area contributed by atoms with E-state index >= 15 is 4.39 Å². The molecule has 10 heteroatoms. The third kappa shape index (κ3) is 4.31. The highest BCUT2D eigenvalue weighted by atomic mass is 35.5. The van der Waals surface area contributed by atoms with Gasteiger partial charge in [0.25, 0.3) is 0 Å². The Bertz CT molecular complexity index is 1570. The molecule has 3 aromatic carbocycles. The lowest BCUT2D eigenvalue weighted by Gasteiger charge is -2.19. The Morgan fingerprint density at radius 2 is 1.83 bits per heavy atom. The minimum absolute atomic E-state index is 0.0357. The molecule has 180 valence electrons. The van der Waals surface area contributed by atoms with Crippen LogP contribution in [0, 0.1) is 19.7 Å². The molecular formula is C25H21ClFN3O4S. The lowest BCUT2D eigenvalue weighted by Crippen LogP contribution is -2.41. The van der Waals surface area contributed by atoms with Gasteiger partial charge in [0.1, 0.15) is 17.6 Å². The highest BCUT2D eigenvalue weighted by Gasteiger charge is 2.37. The normalized spacial score (nSPS) is 16.4. The molecule has 1 aromatic heterocycles. The van der Waals surface area contributed by atoms with Crippen LogP contribution in [0.5, 0.6) is 0 Å². The van der Waals surface area contributed by atoms with Crippen LogP contribution in [0.15, 0.2) is 64.0 Å². The minimum Gasteiger partial charge on any atom is -0.361 e. The Kier molecular flexibility index (Phi) is 5.86. The van der Waals surface area contributed by atoms with Gasteiger partial charge in [-0.2, -0.15) is 4.72 Å². The van der Waals surface area contributed by atoms with Gasteiger partial charge in [-0.15, -0.1) is 0 Å². The van der Waals surface area contributed by atoms with E-state index in [9.17, 15) is 13.2 Å². The van der Waals surface area contributed by atoms with E-state index in [1.165, 1.54) is 29.2 Å². The van der Waals surface area contributed by atoms with E-state index in [4.69, 9.17) is 16.1 Å². The largest absolute Gasteiger partial charge is 0.361 e. The van der Waals surface area contributed by atoms with E-state index < -0.39 is 27.8 Å². The quantitative estimate of drug-likeness (QED) is 0.406. The summed E-state index contributed by atoms with van der Waals surface area (Å²) in [7, 11) is -3.98. The number of anilines is 1. The van der Waals surface area contributed by atoms with E-state index in [1.807, 2.05) is 0 Å². The number of halogens is 2. The average Bonchev–Trinajstić information content (AvgIpc) is 3.34. The fourth-order valence-electron chi connectivity index (χ4n) is 4.42. The molecule has 1 aliphatic heterocycles. The minimum atomic E-state index is -3.98. The highest BCUT2D eigenvalue weighted by Crippen LogP contribution is 2.32. The topological polar surface area (TPSA) is 92.5 Å². The zero-order chi connectivity index (χ0) is 24.9. The molecule has 0 unspecified atom stereocenters. The first-order valence-corrected chi connectivity index (χ1v) is 12.8. The van der Waals surface area contributed by atoms with Crippen LogP contribution in [0.1, 0.15) is 17.9 Å². The Morgan fingerprint density at radius 1 is 1.09 bits per heavy atom. The number of hydrogen-bond acceptors (Lipinski definition) is 5. The molecule has 0 spiro atoms. The maximum Gasteiger partial charge on any atom is 0.245 e. The summed E-state index contributed by atoms with van der Waals surface area (Å²) < 4.78 is 48.7. The molecule has 0 bridgehead atoms. The van der Waals surface area contributed by atoms with Crippen LogP contribution in [0.2, 0.25) is 5.02 Å². The van der Waals surface area contributed by atoms with Crippen molar-refractivity contribution in [2.75, 3.05) is 11.4 Å². The number of nitrogens with zero attached hydrogens (tertiary/aromatic N) is 2. The van der Waals surface area contributed by atoms with Crippen LogP contribution >= 0.6 is 11.6 Å². The maximum absolute atomic E-state index is 15.0. The predicted octanol–water partition coefficient (Wildman–Crippen LogP) is 4.99. The second-order valence-corrected chi connectivity index (χ2v) is 10.6. The van der Waals surface area contributed by atoms with Crippen LogP contribution in [0.25, 0.3) is 21.9 Å². The monoisotopic (exact) mass is 513 g/mol. The summed E-state index contributed by atoms with van der Waals surface area (Å²) in [6.45, 7) is 3.69. The number of rotatable bonds is 5. The van der Waals surface area contributed by atoms with Crippen LogP contribution in [0.3, 0.4) is 0 Å². The summed E-state index contributed by atoms with van der Waals surface area (Å²) >= 11 is 5.99. The van der Waals surface area contributed by atoms with E-state index in [-0.39, 0.29) is 23.5 Å². The summed E-state index contributed by atoms with van der Waals surface area (Å²) in [4.78, 5) is 14.3. The molecule has 7 nitrogen and oxygen atoms in total. The summed E-state index contributed by atoms with van der Waals surface area (Å²) in [5, 5.41) is 5.95. The molecule has 0 saturated carbocycles. The first-order valence-electron chi connectivity index (χ1n) is 10.9.